The van der Waals surface area contributed by atoms with E-state index in [1.54, 1.807) is 6.07 Å². The van der Waals surface area contributed by atoms with Gasteiger partial charge in [0.25, 0.3) is 0 Å². The molecule has 0 radical (unpaired) electrons. The van der Waals surface area contributed by atoms with Gasteiger partial charge < -0.3 is 10.2 Å². The van der Waals surface area contributed by atoms with Crippen LogP contribution >= 0.6 is 11.6 Å². The van der Waals surface area contributed by atoms with Crippen LogP contribution in [0.2, 0.25) is 5.02 Å². The first-order valence-corrected chi connectivity index (χ1v) is 6.04. The summed E-state index contributed by atoms with van der Waals surface area (Å²) < 4.78 is 0. The summed E-state index contributed by atoms with van der Waals surface area (Å²) in [7, 11) is 0. The molecule has 0 amide bonds. The van der Waals surface area contributed by atoms with E-state index < -0.39 is 11.7 Å². The van der Waals surface area contributed by atoms with E-state index in [4.69, 9.17) is 11.6 Å². The molecule has 1 aromatic carbocycles. The molecule has 1 atom stereocenters. The Morgan fingerprint density at radius 2 is 1.94 bits per heavy atom. The third-order valence-electron chi connectivity index (χ3n) is 3.16. The molecule has 0 spiro atoms. The Labute approximate surface area is 102 Å². The smallest absolute Gasteiger partial charge is 0.0903 e. The fraction of sp³-hybridized carbons (Fsp3) is 0.538. The van der Waals surface area contributed by atoms with Crippen LogP contribution in [-0.4, -0.2) is 21.9 Å². The highest BCUT2D eigenvalue weighted by Gasteiger charge is 2.31. The molecule has 1 aromatic rings. The summed E-state index contributed by atoms with van der Waals surface area (Å²) in [5.41, 5.74) is -0.0530. The molecule has 0 heterocycles. The Morgan fingerprint density at radius 1 is 1.31 bits per heavy atom. The molecule has 0 aliphatic rings. The minimum absolute atomic E-state index is 0.429. The standard InChI is InChI=1S/C13H19ClO2/c1-3-13(16,4-2)12(15)9-10-6-5-7-11(14)8-10/h5-8,12,15-16H,3-4,9H2,1-2H3. The van der Waals surface area contributed by atoms with Crippen LogP contribution in [0.3, 0.4) is 0 Å². The molecule has 1 unspecified atom stereocenters. The highest BCUT2D eigenvalue weighted by atomic mass is 35.5. The molecule has 0 bridgehead atoms. The van der Waals surface area contributed by atoms with Crippen molar-refractivity contribution in [1.82, 2.24) is 0 Å². The van der Waals surface area contributed by atoms with Gasteiger partial charge in [0.15, 0.2) is 0 Å². The van der Waals surface area contributed by atoms with E-state index >= 15 is 0 Å². The number of aliphatic hydroxyl groups excluding tert-OH is 1. The van der Waals surface area contributed by atoms with E-state index in [2.05, 4.69) is 0 Å². The summed E-state index contributed by atoms with van der Waals surface area (Å²) in [4.78, 5) is 0. The zero-order valence-corrected chi connectivity index (χ0v) is 10.5. The quantitative estimate of drug-likeness (QED) is 0.834. The van der Waals surface area contributed by atoms with Crippen molar-refractivity contribution < 1.29 is 10.2 Å². The predicted octanol–water partition coefficient (Wildman–Crippen LogP) is 2.79. The normalized spacial score (nSPS) is 13.8. The molecule has 16 heavy (non-hydrogen) atoms. The first kappa shape index (κ1) is 13.5. The minimum Gasteiger partial charge on any atom is -0.390 e. The van der Waals surface area contributed by atoms with Crippen LogP contribution in [0.1, 0.15) is 32.3 Å². The molecule has 0 aliphatic heterocycles. The van der Waals surface area contributed by atoms with Gasteiger partial charge in [-0.15, -0.1) is 0 Å². The van der Waals surface area contributed by atoms with Crippen molar-refractivity contribution in [3.8, 4) is 0 Å². The second-order valence-electron chi connectivity index (χ2n) is 4.16. The first-order valence-electron chi connectivity index (χ1n) is 5.66. The Hall–Kier alpha value is -0.570. The van der Waals surface area contributed by atoms with Crippen molar-refractivity contribution in [2.45, 2.75) is 44.8 Å². The molecule has 0 aliphatic carbocycles. The van der Waals surface area contributed by atoms with Gasteiger partial charge in [-0.1, -0.05) is 37.6 Å². The SMILES string of the molecule is CCC(O)(CC)C(O)Cc1cccc(Cl)c1. The van der Waals surface area contributed by atoms with Crippen LogP contribution < -0.4 is 0 Å². The van der Waals surface area contributed by atoms with Gasteiger partial charge in [0.1, 0.15) is 0 Å². The number of hydrogen-bond acceptors (Lipinski definition) is 2. The van der Waals surface area contributed by atoms with E-state index in [1.165, 1.54) is 0 Å². The van der Waals surface area contributed by atoms with Crippen molar-refractivity contribution in [2.24, 2.45) is 0 Å². The number of hydrogen-bond donors (Lipinski definition) is 2. The van der Waals surface area contributed by atoms with Gasteiger partial charge in [0.2, 0.25) is 0 Å². The highest BCUT2D eigenvalue weighted by Crippen LogP contribution is 2.23. The van der Waals surface area contributed by atoms with Gasteiger partial charge in [0, 0.05) is 11.4 Å². The van der Waals surface area contributed by atoms with Gasteiger partial charge in [-0.2, -0.15) is 0 Å². The lowest BCUT2D eigenvalue weighted by Crippen LogP contribution is -2.42. The first-order chi connectivity index (χ1) is 7.51. The Bertz CT molecular complexity index is 334. The zero-order valence-electron chi connectivity index (χ0n) is 9.78. The summed E-state index contributed by atoms with van der Waals surface area (Å²) in [5, 5.41) is 20.8. The molecule has 0 saturated carbocycles. The van der Waals surface area contributed by atoms with E-state index in [0.717, 1.165) is 5.56 Å². The summed E-state index contributed by atoms with van der Waals surface area (Å²) in [6, 6.07) is 7.36. The average Bonchev–Trinajstić information content (AvgIpc) is 2.28. The van der Waals surface area contributed by atoms with Gasteiger partial charge in [0.05, 0.1) is 11.7 Å². The molecular formula is C13H19ClO2. The number of aliphatic hydroxyl groups is 2. The van der Waals surface area contributed by atoms with Crippen LogP contribution in [-0.2, 0) is 6.42 Å². The third kappa shape index (κ3) is 3.21. The van der Waals surface area contributed by atoms with Gasteiger partial charge >= 0.3 is 0 Å². The Balaban J connectivity index is 2.74. The lowest BCUT2D eigenvalue weighted by Gasteiger charge is -2.31. The summed E-state index contributed by atoms with van der Waals surface area (Å²) in [6.07, 6.45) is 0.774. The van der Waals surface area contributed by atoms with Crippen LogP contribution in [0.15, 0.2) is 24.3 Å². The van der Waals surface area contributed by atoms with E-state index in [1.807, 2.05) is 32.0 Å². The van der Waals surface area contributed by atoms with Crippen LogP contribution in [0.25, 0.3) is 0 Å². The molecule has 0 fully saturated rings. The zero-order chi connectivity index (χ0) is 12.2. The largest absolute Gasteiger partial charge is 0.390 e. The molecule has 2 nitrogen and oxygen atoms in total. The van der Waals surface area contributed by atoms with Gasteiger partial charge in [-0.25, -0.2) is 0 Å². The fourth-order valence-electron chi connectivity index (χ4n) is 1.80. The molecule has 1 rings (SSSR count). The maximum atomic E-state index is 10.1. The van der Waals surface area contributed by atoms with Crippen LogP contribution in [0.5, 0.6) is 0 Å². The Kier molecular flexibility index (Phi) is 4.78. The minimum atomic E-state index is -0.998. The maximum absolute atomic E-state index is 10.1. The Morgan fingerprint density at radius 3 is 2.44 bits per heavy atom. The maximum Gasteiger partial charge on any atom is 0.0903 e. The van der Waals surface area contributed by atoms with E-state index in [-0.39, 0.29) is 0 Å². The summed E-state index contributed by atoms with van der Waals surface area (Å²) in [6.45, 7) is 3.76. The van der Waals surface area contributed by atoms with Gasteiger partial charge in [-0.3, -0.25) is 0 Å². The van der Waals surface area contributed by atoms with Crippen molar-refractivity contribution in [3.63, 3.8) is 0 Å². The molecule has 3 heteroatoms. The van der Waals surface area contributed by atoms with Crippen molar-refractivity contribution in [2.75, 3.05) is 0 Å². The molecule has 0 saturated heterocycles. The topological polar surface area (TPSA) is 40.5 Å². The van der Waals surface area contributed by atoms with E-state index in [0.29, 0.717) is 24.3 Å². The number of halogens is 1. The second-order valence-corrected chi connectivity index (χ2v) is 4.60. The lowest BCUT2D eigenvalue weighted by atomic mass is 9.87. The number of rotatable bonds is 5. The van der Waals surface area contributed by atoms with E-state index in [9.17, 15) is 10.2 Å². The van der Waals surface area contributed by atoms with Gasteiger partial charge in [-0.05, 0) is 30.5 Å². The predicted molar refractivity (Wildman–Crippen MR) is 66.7 cm³/mol. The van der Waals surface area contributed by atoms with Crippen molar-refractivity contribution >= 4 is 11.6 Å². The summed E-state index contributed by atoms with van der Waals surface area (Å²) >= 11 is 5.87. The lowest BCUT2D eigenvalue weighted by molar-refractivity contribution is -0.0790. The third-order valence-corrected chi connectivity index (χ3v) is 3.40. The van der Waals surface area contributed by atoms with Crippen molar-refractivity contribution in [3.05, 3.63) is 34.9 Å². The molecule has 2 N–H and O–H groups in total. The van der Waals surface area contributed by atoms with Crippen LogP contribution in [0.4, 0.5) is 0 Å². The number of benzene rings is 1. The fourth-order valence-corrected chi connectivity index (χ4v) is 2.01. The summed E-state index contributed by atoms with van der Waals surface area (Å²) in [5.74, 6) is 0. The molecule has 0 aromatic heterocycles. The highest BCUT2D eigenvalue weighted by molar-refractivity contribution is 6.30. The average molecular weight is 243 g/mol. The molecule has 90 valence electrons. The van der Waals surface area contributed by atoms with Crippen molar-refractivity contribution in [1.29, 1.82) is 0 Å². The molecular weight excluding hydrogens is 224 g/mol. The second kappa shape index (κ2) is 5.67. The van der Waals surface area contributed by atoms with Crippen LogP contribution in [0, 0.1) is 0 Å². The monoisotopic (exact) mass is 242 g/mol.